The van der Waals surface area contributed by atoms with Crippen LogP contribution in [0.1, 0.15) is 15.9 Å². The highest BCUT2D eigenvalue weighted by Gasteiger charge is 2.10. The molecule has 0 aromatic heterocycles. The first-order valence-electron chi connectivity index (χ1n) is 5.72. The molecule has 0 heterocycles. The minimum atomic E-state index is -0.593. The Hall–Kier alpha value is -2.36. The number of esters is 1. The Balaban J connectivity index is 2.13. The van der Waals surface area contributed by atoms with Crippen LogP contribution in [0, 0.1) is 12.7 Å². The molecule has 0 fully saturated rings. The molecular weight excluding hydrogens is 247 g/mol. The van der Waals surface area contributed by atoms with Crippen molar-refractivity contribution in [3.63, 3.8) is 0 Å². The lowest BCUT2D eigenvalue weighted by Gasteiger charge is -2.06. The van der Waals surface area contributed by atoms with Crippen molar-refractivity contribution in [2.24, 2.45) is 0 Å². The molecule has 0 amide bonds. The average Bonchev–Trinajstić information content (AvgIpc) is 2.42. The molecule has 2 aromatic carbocycles. The van der Waals surface area contributed by atoms with E-state index in [1.54, 1.807) is 44.4 Å². The first-order chi connectivity index (χ1) is 9.10. The molecule has 2 rings (SSSR count). The van der Waals surface area contributed by atoms with E-state index in [-0.39, 0.29) is 5.56 Å². The summed E-state index contributed by atoms with van der Waals surface area (Å²) < 4.78 is 23.5. The molecule has 0 spiro atoms. The van der Waals surface area contributed by atoms with Gasteiger partial charge in [-0.3, -0.25) is 0 Å². The second kappa shape index (κ2) is 5.52. The van der Waals surface area contributed by atoms with Gasteiger partial charge in [-0.05, 0) is 48.9 Å². The predicted molar refractivity (Wildman–Crippen MR) is 69.1 cm³/mol. The topological polar surface area (TPSA) is 35.5 Å². The molecule has 0 N–H and O–H groups in total. The van der Waals surface area contributed by atoms with Crippen LogP contribution in [0.4, 0.5) is 4.39 Å². The lowest BCUT2D eigenvalue weighted by Crippen LogP contribution is -2.09. The Morgan fingerprint density at radius 3 is 2.26 bits per heavy atom. The molecule has 0 saturated heterocycles. The second-order valence-corrected chi connectivity index (χ2v) is 4.03. The minimum absolute atomic E-state index is 0.180. The minimum Gasteiger partial charge on any atom is -0.497 e. The van der Waals surface area contributed by atoms with Crippen molar-refractivity contribution in [3.05, 3.63) is 59.4 Å². The standard InChI is InChI=1S/C15H13FO3/c1-10-3-4-11(9-14(10)16)15(17)19-13-7-5-12(18-2)6-8-13/h3-9H,1-2H3. The maximum Gasteiger partial charge on any atom is 0.343 e. The molecule has 0 unspecified atom stereocenters. The van der Waals surface area contributed by atoms with Crippen LogP contribution in [0.2, 0.25) is 0 Å². The van der Waals surface area contributed by atoms with E-state index in [9.17, 15) is 9.18 Å². The van der Waals surface area contributed by atoms with Gasteiger partial charge in [0.15, 0.2) is 0 Å². The van der Waals surface area contributed by atoms with Crippen molar-refractivity contribution in [1.82, 2.24) is 0 Å². The maximum absolute atomic E-state index is 13.4. The highest BCUT2D eigenvalue weighted by atomic mass is 19.1. The first-order valence-corrected chi connectivity index (χ1v) is 5.72. The monoisotopic (exact) mass is 260 g/mol. The number of aryl methyl sites for hydroxylation is 1. The van der Waals surface area contributed by atoms with E-state index in [1.165, 1.54) is 12.1 Å². The lowest BCUT2D eigenvalue weighted by molar-refractivity contribution is 0.0734. The molecule has 98 valence electrons. The fourth-order valence-corrected chi connectivity index (χ4v) is 1.53. The fraction of sp³-hybridized carbons (Fsp3) is 0.133. The predicted octanol–water partition coefficient (Wildman–Crippen LogP) is 3.36. The number of rotatable bonds is 3. The third kappa shape index (κ3) is 3.10. The van der Waals surface area contributed by atoms with E-state index >= 15 is 0 Å². The zero-order valence-corrected chi connectivity index (χ0v) is 10.6. The maximum atomic E-state index is 13.4. The van der Waals surface area contributed by atoms with Gasteiger partial charge in [0.05, 0.1) is 12.7 Å². The molecule has 0 bridgehead atoms. The Kier molecular flexibility index (Phi) is 3.80. The number of benzene rings is 2. The SMILES string of the molecule is COc1ccc(OC(=O)c2ccc(C)c(F)c2)cc1. The zero-order chi connectivity index (χ0) is 13.8. The molecule has 3 nitrogen and oxygen atoms in total. The van der Waals surface area contributed by atoms with E-state index in [4.69, 9.17) is 9.47 Å². The summed E-state index contributed by atoms with van der Waals surface area (Å²) in [5.41, 5.74) is 0.667. The molecule has 4 heteroatoms. The van der Waals surface area contributed by atoms with Gasteiger partial charge in [0, 0.05) is 0 Å². The van der Waals surface area contributed by atoms with Gasteiger partial charge in [0.25, 0.3) is 0 Å². The third-order valence-corrected chi connectivity index (χ3v) is 2.68. The number of hydrogen-bond acceptors (Lipinski definition) is 3. The summed E-state index contributed by atoms with van der Waals surface area (Å²) in [6.45, 7) is 1.63. The summed E-state index contributed by atoms with van der Waals surface area (Å²) in [7, 11) is 1.55. The van der Waals surface area contributed by atoms with E-state index in [2.05, 4.69) is 0 Å². The summed E-state index contributed by atoms with van der Waals surface area (Å²) >= 11 is 0. The highest BCUT2D eigenvalue weighted by Crippen LogP contribution is 2.18. The molecule has 19 heavy (non-hydrogen) atoms. The summed E-state index contributed by atoms with van der Waals surface area (Å²) in [5, 5.41) is 0. The van der Waals surface area contributed by atoms with Crippen molar-refractivity contribution in [3.8, 4) is 11.5 Å². The smallest absolute Gasteiger partial charge is 0.343 e. The second-order valence-electron chi connectivity index (χ2n) is 4.03. The van der Waals surface area contributed by atoms with Crippen LogP contribution < -0.4 is 9.47 Å². The molecule has 0 aliphatic rings. The molecule has 0 radical (unpaired) electrons. The Morgan fingerprint density at radius 1 is 1.05 bits per heavy atom. The number of halogens is 1. The van der Waals surface area contributed by atoms with Crippen LogP contribution in [0.15, 0.2) is 42.5 Å². The summed E-state index contributed by atoms with van der Waals surface area (Å²) in [6.07, 6.45) is 0. The van der Waals surface area contributed by atoms with Gasteiger partial charge in [-0.1, -0.05) is 6.07 Å². The van der Waals surface area contributed by atoms with Crippen molar-refractivity contribution in [2.75, 3.05) is 7.11 Å². The largest absolute Gasteiger partial charge is 0.497 e. The Morgan fingerprint density at radius 2 is 1.68 bits per heavy atom. The van der Waals surface area contributed by atoms with Gasteiger partial charge in [-0.15, -0.1) is 0 Å². The molecule has 0 atom stereocenters. The average molecular weight is 260 g/mol. The quantitative estimate of drug-likeness (QED) is 0.627. The summed E-state index contributed by atoms with van der Waals surface area (Å²) in [6, 6.07) is 10.8. The van der Waals surface area contributed by atoms with Gasteiger partial charge in [-0.2, -0.15) is 0 Å². The third-order valence-electron chi connectivity index (χ3n) is 2.68. The van der Waals surface area contributed by atoms with Gasteiger partial charge in [0.2, 0.25) is 0 Å². The van der Waals surface area contributed by atoms with Gasteiger partial charge in [0.1, 0.15) is 17.3 Å². The highest BCUT2D eigenvalue weighted by molar-refractivity contribution is 5.91. The molecule has 0 saturated carbocycles. The normalized spacial score (nSPS) is 10.1. The van der Waals surface area contributed by atoms with Crippen LogP contribution in [0.3, 0.4) is 0 Å². The van der Waals surface area contributed by atoms with Crippen LogP contribution in [-0.4, -0.2) is 13.1 Å². The number of carbonyl (C=O) groups is 1. The van der Waals surface area contributed by atoms with Crippen molar-refractivity contribution in [2.45, 2.75) is 6.92 Å². The fourth-order valence-electron chi connectivity index (χ4n) is 1.53. The summed E-state index contributed by atoms with van der Waals surface area (Å²) in [5.74, 6) is 0.0289. The molecule has 0 aliphatic carbocycles. The number of carbonyl (C=O) groups excluding carboxylic acids is 1. The van der Waals surface area contributed by atoms with Crippen molar-refractivity contribution < 1.29 is 18.7 Å². The van der Waals surface area contributed by atoms with E-state index < -0.39 is 11.8 Å². The summed E-state index contributed by atoms with van der Waals surface area (Å²) in [4.78, 5) is 11.8. The number of methoxy groups -OCH3 is 1. The molecule has 0 aliphatic heterocycles. The lowest BCUT2D eigenvalue weighted by atomic mass is 10.1. The van der Waals surface area contributed by atoms with E-state index in [0.717, 1.165) is 0 Å². The molecule has 2 aromatic rings. The Bertz CT molecular complexity index is 591. The van der Waals surface area contributed by atoms with Crippen LogP contribution in [-0.2, 0) is 0 Å². The van der Waals surface area contributed by atoms with Gasteiger partial charge < -0.3 is 9.47 Å². The van der Waals surface area contributed by atoms with E-state index in [0.29, 0.717) is 17.1 Å². The van der Waals surface area contributed by atoms with E-state index in [1.807, 2.05) is 0 Å². The van der Waals surface area contributed by atoms with Crippen molar-refractivity contribution >= 4 is 5.97 Å². The van der Waals surface area contributed by atoms with Crippen molar-refractivity contribution in [1.29, 1.82) is 0 Å². The van der Waals surface area contributed by atoms with Crippen LogP contribution in [0.5, 0.6) is 11.5 Å². The van der Waals surface area contributed by atoms with Gasteiger partial charge >= 0.3 is 5.97 Å². The van der Waals surface area contributed by atoms with Crippen LogP contribution >= 0.6 is 0 Å². The molecular formula is C15H13FO3. The first kappa shape index (κ1) is 13.1. The Labute approximate surface area is 110 Å². The number of hydrogen-bond donors (Lipinski definition) is 0. The van der Waals surface area contributed by atoms with Gasteiger partial charge in [-0.25, -0.2) is 9.18 Å². The number of ether oxygens (including phenoxy) is 2. The van der Waals surface area contributed by atoms with Crippen LogP contribution in [0.25, 0.3) is 0 Å². The zero-order valence-electron chi connectivity index (χ0n) is 10.6.